The molecule has 0 aliphatic carbocycles. The molecule has 0 aliphatic heterocycles. The second-order valence-corrected chi connectivity index (χ2v) is 4.05. The van der Waals surface area contributed by atoms with Gasteiger partial charge in [0.2, 0.25) is 0 Å². The van der Waals surface area contributed by atoms with Crippen molar-refractivity contribution in [1.29, 1.82) is 0 Å². The molecule has 2 aromatic carbocycles. The lowest BCUT2D eigenvalue weighted by Crippen LogP contribution is -2.06. The SMILES string of the molecule is COc1ccc(F)c(Nc2c(N)cccc2C(=O)O)c1. The van der Waals surface area contributed by atoms with Crippen LogP contribution in [-0.4, -0.2) is 18.2 Å². The minimum Gasteiger partial charge on any atom is -0.497 e. The topological polar surface area (TPSA) is 84.6 Å². The summed E-state index contributed by atoms with van der Waals surface area (Å²) in [7, 11) is 1.45. The van der Waals surface area contributed by atoms with Crippen LogP contribution >= 0.6 is 0 Å². The zero-order valence-corrected chi connectivity index (χ0v) is 10.7. The van der Waals surface area contributed by atoms with Crippen molar-refractivity contribution in [3.05, 3.63) is 47.8 Å². The van der Waals surface area contributed by atoms with Gasteiger partial charge in [0.25, 0.3) is 0 Å². The summed E-state index contributed by atoms with van der Waals surface area (Å²) >= 11 is 0. The van der Waals surface area contributed by atoms with Crippen LogP contribution in [0.25, 0.3) is 0 Å². The van der Waals surface area contributed by atoms with Crippen molar-refractivity contribution in [2.45, 2.75) is 0 Å². The number of halogens is 1. The molecule has 104 valence electrons. The number of anilines is 3. The second-order valence-electron chi connectivity index (χ2n) is 4.05. The Balaban J connectivity index is 2.47. The molecule has 4 N–H and O–H groups in total. The van der Waals surface area contributed by atoms with Crippen molar-refractivity contribution in [3.63, 3.8) is 0 Å². The van der Waals surface area contributed by atoms with E-state index in [-0.39, 0.29) is 22.6 Å². The Morgan fingerprint density at radius 3 is 2.75 bits per heavy atom. The van der Waals surface area contributed by atoms with Crippen molar-refractivity contribution in [2.24, 2.45) is 0 Å². The fourth-order valence-corrected chi connectivity index (χ4v) is 1.75. The zero-order valence-electron chi connectivity index (χ0n) is 10.7. The number of aromatic carboxylic acids is 1. The first-order valence-electron chi connectivity index (χ1n) is 5.75. The van der Waals surface area contributed by atoms with Gasteiger partial charge >= 0.3 is 5.97 Å². The van der Waals surface area contributed by atoms with Gasteiger partial charge in [0.15, 0.2) is 0 Å². The molecule has 0 unspecified atom stereocenters. The Bertz CT molecular complexity index is 659. The van der Waals surface area contributed by atoms with Crippen LogP contribution in [-0.2, 0) is 0 Å². The number of carboxylic acid groups (broad SMARTS) is 1. The Hall–Kier alpha value is -2.76. The summed E-state index contributed by atoms with van der Waals surface area (Å²) in [4.78, 5) is 11.2. The predicted octanol–water partition coefficient (Wildman–Crippen LogP) is 2.86. The van der Waals surface area contributed by atoms with Crippen LogP contribution < -0.4 is 15.8 Å². The highest BCUT2D eigenvalue weighted by atomic mass is 19.1. The van der Waals surface area contributed by atoms with E-state index in [2.05, 4.69) is 5.32 Å². The Kier molecular flexibility index (Phi) is 3.74. The average molecular weight is 276 g/mol. The summed E-state index contributed by atoms with van der Waals surface area (Å²) in [5.74, 6) is -1.24. The molecule has 0 radical (unpaired) electrons. The van der Waals surface area contributed by atoms with Crippen LogP contribution in [0.15, 0.2) is 36.4 Å². The largest absolute Gasteiger partial charge is 0.497 e. The molecule has 0 heterocycles. The van der Waals surface area contributed by atoms with Crippen molar-refractivity contribution in [3.8, 4) is 5.75 Å². The van der Waals surface area contributed by atoms with Gasteiger partial charge in [-0.2, -0.15) is 0 Å². The molecule has 0 spiro atoms. The van der Waals surface area contributed by atoms with Crippen LogP contribution in [0.2, 0.25) is 0 Å². The first-order chi connectivity index (χ1) is 9.52. The zero-order chi connectivity index (χ0) is 14.7. The molecule has 0 fully saturated rings. The van der Waals surface area contributed by atoms with Crippen molar-refractivity contribution in [1.82, 2.24) is 0 Å². The van der Waals surface area contributed by atoms with Crippen LogP contribution in [0.5, 0.6) is 5.75 Å². The molecule has 2 rings (SSSR count). The molecule has 5 nitrogen and oxygen atoms in total. The predicted molar refractivity (Wildman–Crippen MR) is 74.0 cm³/mol. The van der Waals surface area contributed by atoms with Crippen LogP contribution in [0.4, 0.5) is 21.5 Å². The number of methoxy groups -OCH3 is 1. The lowest BCUT2D eigenvalue weighted by atomic mass is 10.1. The maximum atomic E-state index is 13.7. The number of carboxylic acids is 1. The van der Waals surface area contributed by atoms with Gasteiger partial charge in [0.05, 0.1) is 29.7 Å². The monoisotopic (exact) mass is 276 g/mol. The molecule has 0 saturated heterocycles. The number of hydrogen-bond acceptors (Lipinski definition) is 4. The number of carbonyl (C=O) groups is 1. The van der Waals surface area contributed by atoms with Gasteiger partial charge in [0.1, 0.15) is 11.6 Å². The van der Waals surface area contributed by atoms with E-state index >= 15 is 0 Å². The van der Waals surface area contributed by atoms with E-state index in [1.54, 1.807) is 0 Å². The Morgan fingerprint density at radius 2 is 2.10 bits per heavy atom. The highest BCUT2D eigenvalue weighted by Crippen LogP contribution is 2.30. The quantitative estimate of drug-likeness (QED) is 0.748. The highest BCUT2D eigenvalue weighted by Gasteiger charge is 2.14. The fourth-order valence-electron chi connectivity index (χ4n) is 1.75. The summed E-state index contributed by atoms with van der Waals surface area (Å²) in [6, 6.07) is 8.55. The van der Waals surface area contributed by atoms with Crippen LogP contribution in [0, 0.1) is 5.82 Å². The summed E-state index contributed by atoms with van der Waals surface area (Å²) in [5.41, 5.74) is 6.16. The molecule has 6 heteroatoms. The number of nitrogens with one attached hydrogen (secondary N) is 1. The molecule has 0 aromatic heterocycles. The van der Waals surface area contributed by atoms with Gasteiger partial charge in [-0.15, -0.1) is 0 Å². The summed E-state index contributed by atoms with van der Waals surface area (Å²) in [5, 5.41) is 11.8. The first kappa shape index (κ1) is 13.7. The minimum absolute atomic E-state index is 0.0350. The standard InChI is InChI=1S/C14H13FN2O3/c1-20-8-5-6-10(15)12(7-8)17-13-9(14(18)19)3-2-4-11(13)16/h2-7,17H,16H2,1H3,(H,18,19). The molecule has 0 saturated carbocycles. The lowest BCUT2D eigenvalue weighted by molar-refractivity contribution is 0.0698. The van der Waals surface area contributed by atoms with E-state index < -0.39 is 11.8 Å². The van der Waals surface area contributed by atoms with Gasteiger partial charge in [-0.05, 0) is 24.3 Å². The smallest absolute Gasteiger partial charge is 0.337 e. The fraction of sp³-hybridized carbons (Fsp3) is 0.0714. The van der Waals surface area contributed by atoms with E-state index in [1.807, 2.05) is 0 Å². The second kappa shape index (κ2) is 5.48. The van der Waals surface area contributed by atoms with Crippen LogP contribution in [0.1, 0.15) is 10.4 Å². The molecule has 0 amide bonds. The van der Waals surface area contributed by atoms with Gasteiger partial charge in [-0.3, -0.25) is 0 Å². The van der Waals surface area contributed by atoms with E-state index in [0.29, 0.717) is 5.75 Å². The summed E-state index contributed by atoms with van der Waals surface area (Å²) in [6.07, 6.45) is 0. The van der Waals surface area contributed by atoms with Gasteiger partial charge < -0.3 is 20.9 Å². The molecule has 0 aliphatic rings. The Morgan fingerprint density at radius 1 is 1.35 bits per heavy atom. The normalized spacial score (nSPS) is 10.1. The first-order valence-corrected chi connectivity index (χ1v) is 5.75. The average Bonchev–Trinajstić information content (AvgIpc) is 2.43. The number of hydrogen-bond donors (Lipinski definition) is 3. The molecule has 20 heavy (non-hydrogen) atoms. The highest BCUT2D eigenvalue weighted by molar-refractivity contribution is 5.98. The lowest BCUT2D eigenvalue weighted by Gasteiger charge is -2.13. The number of ether oxygens (including phenoxy) is 1. The van der Waals surface area contributed by atoms with E-state index in [4.69, 9.17) is 15.6 Å². The molecule has 2 aromatic rings. The number of benzene rings is 2. The third kappa shape index (κ3) is 2.64. The summed E-state index contributed by atoms with van der Waals surface area (Å²) in [6.45, 7) is 0. The third-order valence-electron chi connectivity index (χ3n) is 2.76. The van der Waals surface area contributed by atoms with Crippen molar-refractivity contribution in [2.75, 3.05) is 18.2 Å². The number of rotatable bonds is 4. The Labute approximate surface area is 114 Å². The van der Waals surface area contributed by atoms with E-state index in [1.165, 1.54) is 43.5 Å². The van der Waals surface area contributed by atoms with E-state index in [0.717, 1.165) is 0 Å². The number of para-hydroxylation sites is 1. The molecule has 0 atom stereocenters. The number of nitrogens with two attached hydrogens (primary N) is 1. The van der Waals surface area contributed by atoms with Gasteiger partial charge in [-0.1, -0.05) is 6.07 Å². The van der Waals surface area contributed by atoms with Crippen molar-refractivity contribution >= 4 is 23.0 Å². The number of nitrogen functional groups attached to an aromatic ring is 1. The maximum Gasteiger partial charge on any atom is 0.337 e. The minimum atomic E-state index is -1.15. The van der Waals surface area contributed by atoms with Gasteiger partial charge in [-0.25, -0.2) is 9.18 Å². The molecular weight excluding hydrogens is 263 g/mol. The molecule has 0 bridgehead atoms. The van der Waals surface area contributed by atoms with Crippen molar-refractivity contribution < 1.29 is 19.0 Å². The molecular formula is C14H13FN2O3. The van der Waals surface area contributed by atoms with E-state index in [9.17, 15) is 9.18 Å². The maximum absolute atomic E-state index is 13.7. The summed E-state index contributed by atoms with van der Waals surface area (Å²) < 4.78 is 18.8. The van der Waals surface area contributed by atoms with Gasteiger partial charge in [0, 0.05) is 6.07 Å². The third-order valence-corrected chi connectivity index (χ3v) is 2.76. The van der Waals surface area contributed by atoms with Crippen LogP contribution in [0.3, 0.4) is 0 Å².